The van der Waals surface area contributed by atoms with Gasteiger partial charge in [0.05, 0.1) is 17.8 Å². The van der Waals surface area contributed by atoms with Crippen LogP contribution in [0.25, 0.3) is 11.0 Å². The van der Waals surface area contributed by atoms with Crippen LogP contribution >= 0.6 is 23.8 Å². The van der Waals surface area contributed by atoms with Crippen LogP contribution in [0.4, 0.5) is 0 Å². The number of rotatable bonds is 4. The van der Waals surface area contributed by atoms with E-state index in [1.165, 1.54) is 0 Å². The third kappa shape index (κ3) is 4.25. The van der Waals surface area contributed by atoms with Gasteiger partial charge in [0.1, 0.15) is 21.6 Å². The molecule has 1 aromatic carbocycles. The summed E-state index contributed by atoms with van der Waals surface area (Å²) in [5, 5.41) is 0.562. The van der Waals surface area contributed by atoms with Crippen molar-refractivity contribution in [3.63, 3.8) is 0 Å². The molecular formula is C19H21ClN4O2S2. The minimum absolute atomic E-state index is 0.254. The molecule has 2 heterocycles. The molecule has 0 radical (unpaired) electrons. The second-order valence-electron chi connectivity index (χ2n) is 7.42. The highest BCUT2D eigenvalue weighted by atomic mass is 35.5. The Balaban J connectivity index is 2.11. The highest BCUT2D eigenvalue weighted by Crippen LogP contribution is 2.23. The summed E-state index contributed by atoms with van der Waals surface area (Å²) in [6.07, 6.45) is 1.70. The molecule has 0 spiro atoms. The highest BCUT2D eigenvalue weighted by molar-refractivity contribution is 7.91. The van der Waals surface area contributed by atoms with Crippen molar-refractivity contribution in [1.82, 2.24) is 14.5 Å². The number of H-pyrrole nitrogens is 2. The minimum Gasteiger partial charge on any atom is -0.591 e. The van der Waals surface area contributed by atoms with Crippen LogP contribution in [0.2, 0.25) is 5.02 Å². The first kappa shape index (κ1) is 20.9. The van der Waals surface area contributed by atoms with E-state index in [0.29, 0.717) is 33.1 Å². The lowest BCUT2D eigenvalue weighted by Crippen LogP contribution is -2.27. The topological polar surface area (TPSA) is 89.0 Å². The van der Waals surface area contributed by atoms with Gasteiger partial charge in [0.25, 0.3) is 5.56 Å². The molecule has 2 aromatic heterocycles. The maximum absolute atomic E-state index is 12.5. The second kappa shape index (κ2) is 7.87. The largest absolute Gasteiger partial charge is 0.591 e. The third-order valence-corrected chi connectivity index (χ3v) is 6.29. The Morgan fingerprint density at radius 1 is 1.36 bits per heavy atom. The zero-order valence-corrected chi connectivity index (χ0v) is 18.4. The summed E-state index contributed by atoms with van der Waals surface area (Å²) in [5.74, 6) is 0. The lowest BCUT2D eigenvalue weighted by molar-refractivity contribution is 0.561. The first-order valence-corrected chi connectivity index (χ1v) is 10.5. The van der Waals surface area contributed by atoms with E-state index in [-0.39, 0.29) is 5.56 Å². The number of nitrogens with zero attached hydrogens (tertiary/aromatic N) is 2. The van der Waals surface area contributed by atoms with E-state index in [0.717, 1.165) is 11.1 Å². The average Bonchev–Trinajstić information content (AvgIpc) is 3.08. The zero-order valence-electron chi connectivity index (χ0n) is 16.0. The van der Waals surface area contributed by atoms with Crippen molar-refractivity contribution in [2.24, 2.45) is 4.40 Å². The predicted molar refractivity (Wildman–Crippen MR) is 118 cm³/mol. The standard InChI is InChI=1S/C19H21ClN4O2S2/c1-11(23-28(26)19(2,3)4)14-9-13(20)6-5-12(14)10-24-15-7-8-21-16(15)17(25)22-18(24)27/h5-9,21H,10H2,1-4H3,(H,22,25,27)/b23-11+. The summed E-state index contributed by atoms with van der Waals surface area (Å²) < 4.78 is 18.5. The van der Waals surface area contributed by atoms with Gasteiger partial charge in [-0.05, 0) is 63.7 Å². The Kier molecular flexibility index (Phi) is 5.86. The van der Waals surface area contributed by atoms with Crippen molar-refractivity contribution in [2.75, 3.05) is 0 Å². The maximum atomic E-state index is 12.5. The smallest absolute Gasteiger partial charge is 0.276 e. The van der Waals surface area contributed by atoms with Crippen LogP contribution in [0.3, 0.4) is 0 Å². The van der Waals surface area contributed by atoms with Gasteiger partial charge in [-0.15, -0.1) is 0 Å². The summed E-state index contributed by atoms with van der Waals surface area (Å²) in [4.78, 5) is 17.7. The fourth-order valence-electron chi connectivity index (χ4n) is 2.77. The number of benzene rings is 1. The molecule has 3 rings (SSSR count). The molecule has 0 aliphatic rings. The molecule has 0 fully saturated rings. The third-order valence-electron chi connectivity index (χ3n) is 4.24. The number of aromatic amines is 2. The first-order chi connectivity index (χ1) is 13.1. The van der Waals surface area contributed by atoms with Gasteiger partial charge in [-0.25, -0.2) is 0 Å². The molecule has 0 saturated carbocycles. The summed E-state index contributed by atoms with van der Waals surface area (Å²) in [6.45, 7) is 7.85. The zero-order chi connectivity index (χ0) is 20.6. The monoisotopic (exact) mass is 436 g/mol. The molecule has 9 heteroatoms. The van der Waals surface area contributed by atoms with E-state index in [4.69, 9.17) is 23.8 Å². The van der Waals surface area contributed by atoms with Crippen LogP contribution in [-0.2, 0) is 17.9 Å². The SMILES string of the molecule is C/C(=N\[S+]([O-])C(C)(C)C)c1cc(Cl)ccc1Cn1c(=S)[nH]c(=O)c2[nH]ccc21. The summed E-state index contributed by atoms with van der Waals surface area (Å²) in [6, 6.07) is 7.30. The van der Waals surface area contributed by atoms with Crippen LogP contribution in [0.15, 0.2) is 39.7 Å². The number of nitrogens with one attached hydrogen (secondary N) is 2. The van der Waals surface area contributed by atoms with Crippen molar-refractivity contribution in [3.8, 4) is 0 Å². The van der Waals surface area contributed by atoms with Gasteiger partial charge in [-0.2, -0.15) is 0 Å². The van der Waals surface area contributed by atoms with Gasteiger partial charge in [-0.3, -0.25) is 9.78 Å². The number of aromatic nitrogens is 3. The van der Waals surface area contributed by atoms with Crippen LogP contribution in [-0.4, -0.2) is 29.5 Å². The fourth-order valence-corrected chi connectivity index (χ4v) is 3.81. The molecule has 0 aliphatic heterocycles. The van der Waals surface area contributed by atoms with E-state index in [1.807, 2.05) is 44.4 Å². The van der Waals surface area contributed by atoms with Gasteiger partial charge < -0.3 is 14.1 Å². The van der Waals surface area contributed by atoms with Crippen LogP contribution in [0.5, 0.6) is 0 Å². The number of hydrogen-bond acceptors (Lipinski definition) is 4. The van der Waals surface area contributed by atoms with E-state index in [9.17, 15) is 9.35 Å². The predicted octanol–water partition coefficient (Wildman–Crippen LogP) is 4.36. The van der Waals surface area contributed by atoms with Crippen molar-refractivity contribution in [2.45, 2.75) is 39.0 Å². The molecule has 6 nitrogen and oxygen atoms in total. The van der Waals surface area contributed by atoms with Gasteiger partial charge in [0, 0.05) is 16.8 Å². The van der Waals surface area contributed by atoms with Gasteiger partial charge in [-0.1, -0.05) is 22.1 Å². The highest BCUT2D eigenvalue weighted by Gasteiger charge is 2.27. The number of halogens is 1. The lowest BCUT2D eigenvalue weighted by Gasteiger charge is -2.19. The van der Waals surface area contributed by atoms with Gasteiger partial charge in [0.15, 0.2) is 4.77 Å². The molecule has 0 aliphatic carbocycles. The Labute approximate surface area is 176 Å². The quantitative estimate of drug-likeness (QED) is 0.361. The van der Waals surface area contributed by atoms with Crippen molar-refractivity contribution in [1.29, 1.82) is 0 Å². The summed E-state index contributed by atoms with van der Waals surface area (Å²) in [5.41, 5.74) is 3.25. The van der Waals surface area contributed by atoms with E-state index in [1.54, 1.807) is 18.3 Å². The van der Waals surface area contributed by atoms with Crippen LogP contribution in [0, 0.1) is 4.77 Å². The minimum atomic E-state index is -1.39. The molecule has 0 amide bonds. The maximum Gasteiger partial charge on any atom is 0.276 e. The number of hydrogen-bond donors (Lipinski definition) is 2. The first-order valence-electron chi connectivity index (χ1n) is 8.64. The molecule has 28 heavy (non-hydrogen) atoms. The molecule has 1 unspecified atom stereocenters. The Morgan fingerprint density at radius 3 is 2.75 bits per heavy atom. The fraction of sp³-hybridized carbons (Fsp3) is 0.316. The second-order valence-corrected chi connectivity index (χ2v) is 10.2. The number of fused-ring (bicyclic) bond motifs is 1. The Morgan fingerprint density at radius 2 is 2.07 bits per heavy atom. The van der Waals surface area contributed by atoms with Crippen molar-refractivity contribution < 1.29 is 4.55 Å². The molecule has 148 valence electrons. The average molecular weight is 437 g/mol. The molecule has 1 atom stereocenters. The summed E-state index contributed by atoms with van der Waals surface area (Å²) >= 11 is 10.2. The van der Waals surface area contributed by atoms with E-state index < -0.39 is 16.1 Å². The normalized spacial score (nSPS) is 13.9. The molecule has 0 saturated heterocycles. The van der Waals surface area contributed by atoms with Crippen LogP contribution in [0.1, 0.15) is 38.8 Å². The Hall–Kier alpha value is -1.87. The van der Waals surface area contributed by atoms with Crippen LogP contribution < -0.4 is 5.56 Å². The lowest BCUT2D eigenvalue weighted by atomic mass is 10.0. The molecule has 2 N–H and O–H groups in total. The molecular weight excluding hydrogens is 416 g/mol. The summed E-state index contributed by atoms with van der Waals surface area (Å²) in [7, 11) is 0. The molecule has 0 bridgehead atoms. The van der Waals surface area contributed by atoms with Gasteiger partial charge >= 0.3 is 0 Å². The van der Waals surface area contributed by atoms with E-state index >= 15 is 0 Å². The van der Waals surface area contributed by atoms with Crippen molar-refractivity contribution >= 4 is 51.9 Å². The van der Waals surface area contributed by atoms with E-state index in [2.05, 4.69) is 14.4 Å². The Bertz CT molecular complexity index is 1170. The van der Waals surface area contributed by atoms with Crippen molar-refractivity contribution in [3.05, 3.63) is 61.7 Å². The molecule has 3 aromatic rings. The van der Waals surface area contributed by atoms with Gasteiger partial charge in [0.2, 0.25) is 0 Å².